The van der Waals surface area contributed by atoms with Crippen LogP contribution in [0.15, 0.2) is 30.3 Å². The van der Waals surface area contributed by atoms with Crippen molar-refractivity contribution < 1.29 is 9.47 Å². The van der Waals surface area contributed by atoms with E-state index < -0.39 is 0 Å². The molecule has 1 aliphatic heterocycles. The lowest BCUT2D eigenvalue weighted by Gasteiger charge is -2.26. The van der Waals surface area contributed by atoms with Crippen LogP contribution in [-0.4, -0.2) is 22.3 Å². The quantitative estimate of drug-likeness (QED) is 0.861. The summed E-state index contributed by atoms with van der Waals surface area (Å²) in [5.41, 5.74) is 1.01. The summed E-state index contributed by atoms with van der Waals surface area (Å²) in [6.07, 6.45) is 2.59. The van der Waals surface area contributed by atoms with Crippen molar-refractivity contribution in [1.29, 1.82) is 0 Å². The molecule has 4 nitrogen and oxygen atoms in total. The molecule has 0 N–H and O–H groups in total. The van der Waals surface area contributed by atoms with E-state index in [-0.39, 0.29) is 12.4 Å². The van der Waals surface area contributed by atoms with Gasteiger partial charge in [-0.3, -0.25) is 0 Å². The Morgan fingerprint density at radius 1 is 1.30 bits per heavy atom. The van der Waals surface area contributed by atoms with Gasteiger partial charge >= 0.3 is 0 Å². The molecule has 2 heterocycles. The molecule has 1 saturated heterocycles. The van der Waals surface area contributed by atoms with Crippen LogP contribution in [0.4, 0.5) is 0 Å². The molecule has 1 aromatic carbocycles. The van der Waals surface area contributed by atoms with E-state index in [2.05, 4.69) is 9.36 Å². The van der Waals surface area contributed by atoms with Gasteiger partial charge < -0.3 is 9.47 Å². The third kappa shape index (κ3) is 3.35. The predicted octanol–water partition coefficient (Wildman–Crippen LogP) is 3.82. The second-order valence-corrected chi connectivity index (χ2v) is 5.96. The highest BCUT2D eigenvalue weighted by atomic mass is 35.5. The number of hydrogen-bond acceptors (Lipinski definition) is 5. The summed E-state index contributed by atoms with van der Waals surface area (Å²) in [6, 6.07) is 9.92. The molecule has 0 bridgehead atoms. The highest BCUT2D eigenvalue weighted by Crippen LogP contribution is 2.29. The number of nitrogens with zero attached hydrogens (tertiary/aromatic N) is 2. The minimum absolute atomic E-state index is 0.198. The largest absolute Gasteiger partial charge is 0.353 e. The molecule has 20 heavy (non-hydrogen) atoms. The summed E-state index contributed by atoms with van der Waals surface area (Å²) in [7, 11) is 0. The summed E-state index contributed by atoms with van der Waals surface area (Å²) in [5.74, 6) is 0.598. The van der Waals surface area contributed by atoms with Gasteiger partial charge in [0.05, 0.1) is 0 Å². The zero-order chi connectivity index (χ0) is 13.8. The molecule has 0 spiro atoms. The third-order valence-corrected chi connectivity index (χ3v) is 3.99. The fourth-order valence-corrected chi connectivity index (χ4v) is 2.84. The summed E-state index contributed by atoms with van der Waals surface area (Å²) in [6.45, 7) is 0.747. The number of hydrogen-bond donors (Lipinski definition) is 0. The van der Waals surface area contributed by atoms with Gasteiger partial charge in [-0.05, 0) is 48.0 Å². The minimum Gasteiger partial charge on any atom is -0.353 e. The zero-order valence-corrected chi connectivity index (χ0v) is 12.4. The summed E-state index contributed by atoms with van der Waals surface area (Å²) in [5, 5.41) is 0. The van der Waals surface area contributed by atoms with Gasteiger partial charge in [-0.2, -0.15) is 4.37 Å². The van der Waals surface area contributed by atoms with E-state index in [4.69, 9.17) is 21.1 Å². The normalized spacial score (nSPS) is 20.8. The van der Waals surface area contributed by atoms with Gasteiger partial charge in [-0.25, -0.2) is 4.98 Å². The van der Waals surface area contributed by atoms with Crippen LogP contribution < -0.4 is 0 Å². The standard InChI is InChI=1S/C14H15ClN2O2S/c15-14-16-13(17-20-14)12(10-6-2-1-3-7-10)19-11-8-4-5-9-18-11/h1-3,6-7,11-12H,4-5,8-9H2/t11-,12+/m1/s1. The van der Waals surface area contributed by atoms with Gasteiger partial charge in [0.25, 0.3) is 0 Å². The molecule has 6 heteroatoms. The van der Waals surface area contributed by atoms with Crippen molar-refractivity contribution >= 4 is 23.1 Å². The lowest BCUT2D eigenvalue weighted by atomic mass is 10.1. The lowest BCUT2D eigenvalue weighted by molar-refractivity contribution is -0.182. The van der Waals surface area contributed by atoms with Crippen LogP contribution >= 0.6 is 23.1 Å². The van der Waals surface area contributed by atoms with E-state index in [9.17, 15) is 0 Å². The van der Waals surface area contributed by atoms with E-state index in [1.807, 2.05) is 30.3 Å². The summed E-state index contributed by atoms with van der Waals surface area (Å²) >= 11 is 7.07. The van der Waals surface area contributed by atoms with Crippen molar-refractivity contribution in [3.63, 3.8) is 0 Å². The van der Waals surface area contributed by atoms with Crippen molar-refractivity contribution in [3.05, 3.63) is 46.2 Å². The van der Waals surface area contributed by atoms with Crippen LogP contribution in [0, 0.1) is 0 Å². The van der Waals surface area contributed by atoms with Gasteiger partial charge in [0.15, 0.2) is 12.1 Å². The smallest absolute Gasteiger partial charge is 0.203 e. The Kier molecular flexibility index (Phi) is 4.62. The molecule has 0 aliphatic carbocycles. The number of halogens is 1. The Balaban J connectivity index is 1.83. The van der Waals surface area contributed by atoms with Crippen molar-refractivity contribution in [1.82, 2.24) is 9.36 Å². The molecule has 106 valence electrons. The van der Waals surface area contributed by atoms with Gasteiger partial charge in [0, 0.05) is 6.61 Å². The molecule has 0 unspecified atom stereocenters. The summed E-state index contributed by atoms with van der Waals surface area (Å²) in [4.78, 5) is 4.25. The van der Waals surface area contributed by atoms with Crippen LogP contribution in [-0.2, 0) is 9.47 Å². The van der Waals surface area contributed by atoms with Crippen molar-refractivity contribution in [2.45, 2.75) is 31.7 Å². The van der Waals surface area contributed by atoms with E-state index in [0.29, 0.717) is 10.3 Å². The van der Waals surface area contributed by atoms with Crippen LogP contribution in [0.1, 0.15) is 36.8 Å². The van der Waals surface area contributed by atoms with Crippen molar-refractivity contribution in [2.24, 2.45) is 0 Å². The molecule has 1 aromatic heterocycles. The molecular weight excluding hydrogens is 296 g/mol. The van der Waals surface area contributed by atoms with E-state index in [1.54, 1.807) is 0 Å². The number of aromatic nitrogens is 2. The maximum Gasteiger partial charge on any atom is 0.203 e. The fourth-order valence-electron chi connectivity index (χ4n) is 2.21. The zero-order valence-electron chi connectivity index (χ0n) is 10.9. The maximum atomic E-state index is 6.08. The first-order valence-electron chi connectivity index (χ1n) is 6.64. The van der Waals surface area contributed by atoms with E-state index in [0.717, 1.165) is 31.4 Å². The Labute approximate surface area is 126 Å². The first-order valence-corrected chi connectivity index (χ1v) is 7.79. The fraction of sp³-hybridized carbons (Fsp3) is 0.429. The Morgan fingerprint density at radius 2 is 2.15 bits per heavy atom. The Morgan fingerprint density at radius 3 is 2.80 bits per heavy atom. The monoisotopic (exact) mass is 310 g/mol. The topological polar surface area (TPSA) is 44.2 Å². The lowest BCUT2D eigenvalue weighted by Crippen LogP contribution is -2.25. The summed E-state index contributed by atoms with van der Waals surface area (Å²) < 4.78 is 16.4. The Bertz CT molecular complexity index is 543. The van der Waals surface area contributed by atoms with Crippen LogP contribution in [0.25, 0.3) is 0 Å². The van der Waals surface area contributed by atoms with Gasteiger partial charge in [-0.15, -0.1) is 0 Å². The molecule has 0 saturated carbocycles. The molecule has 2 atom stereocenters. The second kappa shape index (κ2) is 6.63. The predicted molar refractivity (Wildman–Crippen MR) is 77.9 cm³/mol. The highest BCUT2D eigenvalue weighted by molar-refractivity contribution is 7.10. The third-order valence-electron chi connectivity index (χ3n) is 3.18. The molecule has 1 fully saturated rings. The number of ether oxygens (including phenoxy) is 2. The molecule has 1 aliphatic rings. The van der Waals surface area contributed by atoms with Crippen LogP contribution in [0.2, 0.25) is 4.47 Å². The molecule has 0 amide bonds. The average molecular weight is 311 g/mol. The van der Waals surface area contributed by atoms with Gasteiger partial charge in [0.1, 0.15) is 6.10 Å². The van der Waals surface area contributed by atoms with Crippen molar-refractivity contribution in [3.8, 4) is 0 Å². The van der Waals surface area contributed by atoms with Crippen molar-refractivity contribution in [2.75, 3.05) is 6.61 Å². The number of rotatable bonds is 4. The molecule has 2 aromatic rings. The van der Waals surface area contributed by atoms with Crippen LogP contribution in [0.5, 0.6) is 0 Å². The second-order valence-electron chi connectivity index (χ2n) is 4.63. The maximum absolute atomic E-state index is 6.08. The van der Waals surface area contributed by atoms with Gasteiger partial charge in [-0.1, -0.05) is 30.3 Å². The average Bonchev–Trinajstić information content (AvgIpc) is 2.93. The molecule has 3 rings (SSSR count). The minimum atomic E-state index is -0.331. The highest BCUT2D eigenvalue weighted by Gasteiger charge is 2.25. The van der Waals surface area contributed by atoms with Crippen LogP contribution in [0.3, 0.4) is 0 Å². The molecular formula is C14H15ClN2O2S. The SMILES string of the molecule is Clc1nc([C@@H](O[C@@H]2CCCCO2)c2ccccc2)ns1. The van der Waals surface area contributed by atoms with E-state index >= 15 is 0 Å². The Hall–Kier alpha value is -1.01. The first-order chi connectivity index (χ1) is 9.83. The number of benzene rings is 1. The first kappa shape index (κ1) is 13.9. The van der Waals surface area contributed by atoms with E-state index in [1.165, 1.54) is 11.5 Å². The molecule has 0 radical (unpaired) electrons. The van der Waals surface area contributed by atoms with Gasteiger partial charge in [0.2, 0.25) is 4.47 Å².